The van der Waals surface area contributed by atoms with Gasteiger partial charge in [0.25, 0.3) is 0 Å². The number of aromatic nitrogens is 2. The maximum absolute atomic E-state index is 14.8. The third-order valence-electron chi connectivity index (χ3n) is 6.01. The van der Waals surface area contributed by atoms with Gasteiger partial charge < -0.3 is 4.42 Å². The van der Waals surface area contributed by atoms with Gasteiger partial charge >= 0.3 is 0 Å². The largest absolute Gasteiger partial charge is 0.437 e. The molecule has 0 unspecified atom stereocenters. The van der Waals surface area contributed by atoms with Crippen molar-refractivity contribution in [3.05, 3.63) is 59.2 Å². The van der Waals surface area contributed by atoms with Crippen molar-refractivity contribution in [2.24, 2.45) is 7.05 Å². The van der Waals surface area contributed by atoms with Crippen LogP contribution < -0.4 is 4.57 Å². The Morgan fingerprint density at radius 2 is 1.93 bits per heavy atom. The summed E-state index contributed by atoms with van der Waals surface area (Å²) in [6, 6.07) is 9.07. The van der Waals surface area contributed by atoms with E-state index in [1.54, 1.807) is 11.6 Å². The van der Waals surface area contributed by atoms with Crippen molar-refractivity contribution in [2.75, 3.05) is 0 Å². The van der Waals surface area contributed by atoms with Gasteiger partial charge in [-0.15, -0.1) is 0 Å². The SMILES string of the molecule is [2H]C([2H])([2H])c1c[n+](C)c(-c2c(C)ccc3c2oc2nc(C4([2H])CCCCC4)ccc23)cc1F. The van der Waals surface area contributed by atoms with Gasteiger partial charge in [-0.2, -0.15) is 0 Å². The Morgan fingerprint density at radius 1 is 1.14 bits per heavy atom. The molecule has 0 amide bonds. The van der Waals surface area contributed by atoms with E-state index in [0.29, 0.717) is 22.6 Å². The van der Waals surface area contributed by atoms with E-state index >= 15 is 0 Å². The monoisotopic (exact) mass is 393 g/mol. The van der Waals surface area contributed by atoms with Crippen molar-refractivity contribution in [1.29, 1.82) is 0 Å². The van der Waals surface area contributed by atoms with E-state index in [-0.39, 0.29) is 5.56 Å². The van der Waals surface area contributed by atoms with E-state index in [1.807, 2.05) is 31.2 Å². The van der Waals surface area contributed by atoms with Crippen LogP contribution in [0.1, 0.15) is 60.3 Å². The number of benzene rings is 1. The Morgan fingerprint density at radius 3 is 2.72 bits per heavy atom. The van der Waals surface area contributed by atoms with Crippen molar-refractivity contribution in [2.45, 2.75) is 51.8 Å². The fourth-order valence-electron chi connectivity index (χ4n) is 4.44. The molecule has 0 saturated heterocycles. The minimum atomic E-state index is -2.54. The van der Waals surface area contributed by atoms with Gasteiger partial charge in [-0.25, -0.2) is 13.9 Å². The average molecular weight is 394 g/mol. The zero-order valence-electron chi connectivity index (χ0n) is 20.7. The van der Waals surface area contributed by atoms with Crippen LogP contribution in [0.4, 0.5) is 4.39 Å². The smallest absolute Gasteiger partial charge is 0.227 e. The second-order valence-electron chi connectivity index (χ2n) is 7.98. The molecule has 1 aromatic carbocycles. The normalized spacial score (nSPS) is 19.0. The lowest BCUT2D eigenvalue weighted by Gasteiger charge is -2.20. The average Bonchev–Trinajstić information content (AvgIpc) is 3.13. The van der Waals surface area contributed by atoms with Crippen LogP contribution >= 0.6 is 0 Å². The van der Waals surface area contributed by atoms with E-state index in [2.05, 4.69) is 0 Å². The maximum Gasteiger partial charge on any atom is 0.227 e. The molecular formula is C25H26FN2O+. The third-order valence-corrected chi connectivity index (χ3v) is 6.01. The summed E-state index contributed by atoms with van der Waals surface area (Å²) < 4.78 is 54.4. The van der Waals surface area contributed by atoms with Gasteiger partial charge in [0.15, 0.2) is 11.8 Å². The van der Waals surface area contributed by atoms with Crippen LogP contribution in [0.15, 0.2) is 40.9 Å². The fourth-order valence-corrected chi connectivity index (χ4v) is 4.44. The number of aryl methyl sites for hydroxylation is 3. The molecule has 4 aromatic rings. The number of pyridine rings is 2. The molecule has 1 saturated carbocycles. The van der Waals surface area contributed by atoms with Crippen LogP contribution in [0.5, 0.6) is 0 Å². The Balaban J connectivity index is 1.71. The van der Waals surface area contributed by atoms with Gasteiger partial charge in [-0.1, -0.05) is 31.4 Å². The van der Waals surface area contributed by atoms with Gasteiger partial charge in [-0.3, -0.25) is 0 Å². The third kappa shape index (κ3) is 3.02. The molecule has 3 aromatic heterocycles. The summed E-state index contributed by atoms with van der Waals surface area (Å²) in [5, 5.41) is 1.70. The van der Waals surface area contributed by atoms with Crippen molar-refractivity contribution >= 4 is 22.1 Å². The lowest BCUT2D eigenvalue weighted by atomic mass is 9.86. The van der Waals surface area contributed by atoms with Crippen molar-refractivity contribution in [1.82, 2.24) is 4.98 Å². The van der Waals surface area contributed by atoms with Crippen molar-refractivity contribution in [3.8, 4) is 11.3 Å². The first-order valence-corrected chi connectivity index (χ1v) is 10.1. The summed E-state index contributed by atoms with van der Waals surface area (Å²) in [5.41, 5.74) is 3.55. The quantitative estimate of drug-likeness (QED) is 0.375. The van der Waals surface area contributed by atoms with Gasteiger partial charge in [0, 0.05) is 39.5 Å². The van der Waals surface area contributed by atoms with E-state index in [9.17, 15) is 4.39 Å². The van der Waals surface area contributed by atoms with Crippen molar-refractivity contribution in [3.63, 3.8) is 0 Å². The fraction of sp³-hybridized carbons (Fsp3) is 0.360. The van der Waals surface area contributed by atoms with Crippen LogP contribution in [0.25, 0.3) is 33.3 Å². The standard InChI is InChI=1S/C25H26FN2O/c1-15-9-10-18-19-11-12-21(17-7-5-4-6-8-17)27-25(19)29-24(18)23(15)22-13-20(26)16(2)14-28(22)3/h9-14,17H,4-8H2,1-3H3/q+1/i2D3,17D. The Hall–Kier alpha value is -2.75. The first-order valence-electron chi connectivity index (χ1n) is 12.1. The molecule has 0 spiro atoms. The topological polar surface area (TPSA) is 29.9 Å². The molecular weight excluding hydrogens is 363 g/mol. The molecule has 4 heteroatoms. The highest BCUT2D eigenvalue weighted by Gasteiger charge is 2.23. The lowest BCUT2D eigenvalue weighted by Crippen LogP contribution is -2.31. The number of fused-ring (bicyclic) bond motifs is 3. The maximum atomic E-state index is 14.8. The number of furan rings is 1. The number of rotatable bonds is 2. The molecule has 1 aliphatic rings. The van der Waals surface area contributed by atoms with Gasteiger partial charge in [0.05, 0.1) is 5.56 Å². The minimum absolute atomic E-state index is 0.317. The molecule has 5 rings (SSSR count). The zero-order chi connectivity index (χ0) is 23.5. The minimum Gasteiger partial charge on any atom is -0.437 e. The van der Waals surface area contributed by atoms with Crippen LogP contribution in [-0.2, 0) is 7.05 Å². The summed E-state index contributed by atoms with van der Waals surface area (Å²) in [5.74, 6) is -1.46. The number of halogens is 1. The summed E-state index contributed by atoms with van der Waals surface area (Å²) >= 11 is 0. The molecule has 0 atom stereocenters. The Bertz CT molecular complexity index is 1390. The van der Waals surface area contributed by atoms with E-state index in [4.69, 9.17) is 14.9 Å². The summed E-state index contributed by atoms with van der Waals surface area (Å²) in [4.78, 5) is 4.75. The Kier molecular flexibility index (Phi) is 3.42. The summed E-state index contributed by atoms with van der Waals surface area (Å²) in [7, 11) is 1.70. The zero-order valence-corrected chi connectivity index (χ0v) is 16.7. The van der Waals surface area contributed by atoms with Crippen LogP contribution in [0.3, 0.4) is 0 Å². The molecule has 0 radical (unpaired) electrons. The summed E-state index contributed by atoms with van der Waals surface area (Å²) in [6.45, 7) is -0.621. The molecule has 29 heavy (non-hydrogen) atoms. The molecule has 0 N–H and O–H groups in total. The number of nitrogens with zero attached hydrogens (tertiary/aromatic N) is 2. The van der Waals surface area contributed by atoms with Gasteiger partial charge in [0.1, 0.15) is 12.9 Å². The molecule has 0 bridgehead atoms. The molecule has 1 aliphatic carbocycles. The summed E-state index contributed by atoms with van der Waals surface area (Å²) in [6.07, 6.45) is 6.12. The number of hydrogen-bond donors (Lipinski definition) is 0. The van der Waals surface area contributed by atoms with Crippen LogP contribution in [0.2, 0.25) is 0 Å². The lowest BCUT2D eigenvalue weighted by molar-refractivity contribution is -0.661. The first-order chi connectivity index (χ1) is 15.6. The highest BCUT2D eigenvalue weighted by atomic mass is 19.1. The highest BCUT2D eigenvalue weighted by molar-refractivity contribution is 6.08. The second-order valence-corrected chi connectivity index (χ2v) is 7.98. The van der Waals surface area contributed by atoms with E-state index in [1.165, 1.54) is 12.3 Å². The van der Waals surface area contributed by atoms with Crippen molar-refractivity contribution < 1.29 is 18.9 Å². The van der Waals surface area contributed by atoms with Gasteiger partial charge in [0.2, 0.25) is 11.4 Å². The highest BCUT2D eigenvalue weighted by Crippen LogP contribution is 2.38. The molecule has 0 aliphatic heterocycles. The van der Waals surface area contributed by atoms with E-state index in [0.717, 1.165) is 54.1 Å². The first kappa shape index (κ1) is 14.3. The predicted octanol–water partition coefficient (Wildman–Crippen LogP) is 6.28. The van der Waals surface area contributed by atoms with Gasteiger partial charge in [-0.05, 0) is 44.3 Å². The Labute approximate surface area is 175 Å². The van der Waals surface area contributed by atoms with E-state index < -0.39 is 18.6 Å². The molecule has 1 fully saturated rings. The molecule has 3 heterocycles. The predicted molar refractivity (Wildman–Crippen MR) is 113 cm³/mol. The van der Waals surface area contributed by atoms with Crippen LogP contribution in [0, 0.1) is 19.6 Å². The van der Waals surface area contributed by atoms with Crippen LogP contribution in [-0.4, -0.2) is 4.98 Å². The number of hydrogen-bond acceptors (Lipinski definition) is 2. The molecule has 3 nitrogen and oxygen atoms in total. The second kappa shape index (κ2) is 6.94. The molecule has 148 valence electrons.